The van der Waals surface area contributed by atoms with Gasteiger partial charge in [-0.05, 0) is 44.4 Å². The fourth-order valence-electron chi connectivity index (χ4n) is 3.58. The fraction of sp³-hybridized carbons (Fsp3) is 0.857. The second-order valence-corrected chi connectivity index (χ2v) is 6.50. The first-order chi connectivity index (χ1) is 7.72. The quantitative estimate of drug-likeness (QED) is 0.422. The lowest BCUT2D eigenvalue weighted by Gasteiger charge is -2.37. The molecule has 3 unspecified atom stereocenters. The topological polar surface area (TPSA) is 9.23 Å². The first-order valence-corrected chi connectivity index (χ1v) is 8.10. The molecule has 0 spiro atoms. The van der Waals surface area contributed by atoms with E-state index in [0.29, 0.717) is 0 Å². The Kier molecular flexibility index (Phi) is 4.33. The molecule has 1 saturated heterocycles. The molecule has 1 fully saturated rings. The summed E-state index contributed by atoms with van der Waals surface area (Å²) in [5.41, 5.74) is 1.80. The predicted molar refractivity (Wildman–Crippen MR) is 77.1 cm³/mol. The first kappa shape index (κ1) is 12.9. The normalized spacial score (nSPS) is 38.3. The number of hydrogen-bond acceptors (Lipinski definition) is 1. The second-order valence-electron chi connectivity index (χ2n) is 5.42. The maximum absolute atomic E-state index is 6.28. The van der Waals surface area contributed by atoms with Gasteiger partial charge < -0.3 is 4.74 Å². The number of fused-ring (bicyclic) bond motifs is 1. The van der Waals surface area contributed by atoms with Gasteiger partial charge in [0, 0.05) is 4.43 Å². The van der Waals surface area contributed by atoms with Crippen molar-refractivity contribution in [1.29, 1.82) is 0 Å². The van der Waals surface area contributed by atoms with Crippen molar-refractivity contribution in [2.24, 2.45) is 11.8 Å². The van der Waals surface area contributed by atoms with Crippen molar-refractivity contribution < 1.29 is 4.74 Å². The van der Waals surface area contributed by atoms with E-state index in [0.717, 1.165) is 18.4 Å². The zero-order valence-electron chi connectivity index (χ0n) is 10.5. The van der Waals surface area contributed by atoms with Crippen LogP contribution in [0.3, 0.4) is 0 Å². The van der Waals surface area contributed by atoms with Crippen LogP contribution >= 0.6 is 22.6 Å². The largest absolute Gasteiger partial charge is 0.374 e. The number of rotatable bonds is 4. The highest BCUT2D eigenvalue weighted by atomic mass is 127. The maximum Gasteiger partial charge on any atom is 0.0724 e. The van der Waals surface area contributed by atoms with Crippen molar-refractivity contribution >= 4 is 22.6 Å². The van der Waals surface area contributed by atoms with E-state index in [-0.39, 0.29) is 5.60 Å². The van der Waals surface area contributed by atoms with Gasteiger partial charge in [-0.25, -0.2) is 0 Å². The van der Waals surface area contributed by atoms with Crippen LogP contribution in [0, 0.1) is 11.8 Å². The van der Waals surface area contributed by atoms with E-state index in [1.165, 1.54) is 36.5 Å². The van der Waals surface area contributed by atoms with Crippen molar-refractivity contribution in [3.8, 4) is 0 Å². The molecule has 0 bridgehead atoms. The second kappa shape index (κ2) is 5.38. The highest BCUT2D eigenvalue weighted by Gasteiger charge is 2.48. The minimum Gasteiger partial charge on any atom is -0.374 e. The molecule has 0 aromatic heterocycles. The SMILES string of the molecule is CCCC1(CCI)OCC2CC(C)=CCC21. The van der Waals surface area contributed by atoms with Gasteiger partial charge in [0.05, 0.1) is 12.2 Å². The molecule has 16 heavy (non-hydrogen) atoms. The molecule has 1 heterocycles. The van der Waals surface area contributed by atoms with Crippen LogP contribution in [-0.2, 0) is 4.74 Å². The minimum absolute atomic E-state index is 0.220. The zero-order valence-corrected chi connectivity index (χ0v) is 12.6. The molecular formula is C14H23IO. The van der Waals surface area contributed by atoms with Gasteiger partial charge in [-0.1, -0.05) is 47.6 Å². The van der Waals surface area contributed by atoms with Crippen LogP contribution in [0.15, 0.2) is 11.6 Å². The number of ether oxygens (including phenoxy) is 1. The first-order valence-electron chi connectivity index (χ1n) is 6.57. The van der Waals surface area contributed by atoms with Gasteiger partial charge in [-0.3, -0.25) is 0 Å². The maximum atomic E-state index is 6.28. The molecule has 92 valence electrons. The van der Waals surface area contributed by atoms with Crippen molar-refractivity contribution in [3.05, 3.63) is 11.6 Å². The Morgan fingerprint density at radius 2 is 2.31 bits per heavy atom. The van der Waals surface area contributed by atoms with Crippen LogP contribution < -0.4 is 0 Å². The van der Waals surface area contributed by atoms with Gasteiger partial charge in [0.15, 0.2) is 0 Å². The molecule has 3 atom stereocenters. The highest BCUT2D eigenvalue weighted by molar-refractivity contribution is 14.1. The van der Waals surface area contributed by atoms with Gasteiger partial charge in [-0.15, -0.1) is 0 Å². The predicted octanol–water partition coefficient (Wildman–Crippen LogP) is 4.35. The summed E-state index contributed by atoms with van der Waals surface area (Å²) in [4.78, 5) is 0. The molecular weight excluding hydrogens is 311 g/mol. The van der Waals surface area contributed by atoms with E-state index in [4.69, 9.17) is 4.74 Å². The molecule has 0 amide bonds. The number of allylic oxidation sites excluding steroid dienone is 2. The summed E-state index contributed by atoms with van der Waals surface area (Å²) in [5, 5.41) is 0. The average molecular weight is 334 g/mol. The van der Waals surface area contributed by atoms with Gasteiger partial charge in [-0.2, -0.15) is 0 Å². The Bertz CT molecular complexity index is 266. The standard InChI is InChI=1S/C14H23IO/c1-3-6-14(7-8-15)13-5-4-11(2)9-12(13)10-16-14/h4,12-13H,3,5-10H2,1-2H3. The molecule has 0 saturated carbocycles. The van der Waals surface area contributed by atoms with Crippen LogP contribution in [0.4, 0.5) is 0 Å². The third kappa shape index (κ3) is 2.33. The lowest BCUT2D eigenvalue weighted by Crippen LogP contribution is -2.38. The molecule has 0 N–H and O–H groups in total. The van der Waals surface area contributed by atoms with Crippen LogP contribution in [0.5, 0.6) is 0 Å². The summed E-state index contributed by atoms with van der Waals surface area (Å²) in [6, 6.07) is 0. The Labute approximate surface area is 113 Å². The van der Waals surface area contributed by atoms with Gasteiger partial charge in [0.1, 0.15) is 0 Å². The van der Waals surface area contributed by atoms with E-state index in [1.54, 1.807) is 5.57 Å². The van der Waals surface area contributed by atoms with Crippen LogP contribution in [0.25, 0.3) is 0 Å². The average Bonchev–Trinajstić information content (AvgIpc) is 2.58. The highest BCUT2D eigenvalue weighted by Crippen LogP contribution is 2.48. The van der Waals surface area contributed by atoms with Crippen LogP contribution in [-0.4, -0.2) is 16.6 Å². The van der Waals surface area contributed by atoms with Crippen LogP contribution in [0.2, 0.25) is 0 Å². The van der Waals surface area contributed by atoms with Gasteiger partial charge in [0.25, 0.3) is 0 Å². The summed E-state index contributed by atoms with van der Waals surface area (Å²) in [6.45, 7) is 5.57. The molecule has 0 radical (unpaired) electrons. The van der Waals surface area contributed by atoms with Crippen molar-refractivity contribution in [1.82, 2.24) is 0 Å². The third-order valence-corrected chi connectivity index (χ3v) is 4.86. The smallest absolute Gasteiger partial charge is 0.0724 e. The Morgan fingerprint density at radius 3 is 3.00 bits per heavy atom. The molecule has 2 heteroatoms. The van der Waals surface area contributed by atoms with Crippen molar-refractivity contribution in [2.75, 3.05) is 11.0 Å². The van der Waals surface area contributed by atoms with Gasteiger partial charge >= 0.3 is 0 Å². The van der Waals surface area contributed by atoms with Crippen LogP contribution in [0.1, 0.15) is 46.0 Å². The molecule has 1 aliphatic heterocycles. The number of hydrogen-bond donors (Lipinski definition) is 0. The zero-order chi connectivity index (χ0) is 11.6. The van der Waals surface area contributed by atoms with Crippen molar-refractivity contribution in [2.45, 2.75) is 51.6 Å². The lowest BCUT2D eigenvalue weighted by atomic mass is 9.71. The summed E-state index contributed by atoms with van der Waals surface area (Å²) in [7, 11) is 0. The van der Waals surface area contributed by atoms with Crippen molar-refractivity contribution in [3.63, 3.8) is 0 Å². The summed E-state index contributed by atoms with van der Waals surface area (Å²) in [6.07, 6.45) is 8.74. The molecule has 0 aromatic carbocycles. The summed E-state index contributed by atoms with van der Waals surface area (Å²) >= 11 is 2.50. The molecule has 2 aliphatic rings. The van der Waals surface area contributed by atoms with E-state index in [2.05, 4.69) is 42.5 Å². The summed E-state index contributed by atoms with van der Waals surface area (Å²) < 4.78 is 7.50. The number of alkyl halides is 1. The Morgan fingerprint density at radius 1 is 1.50 bits per heavy atom. The molecule has 2 rings (SSSR count). The molecule has 1 aliphatic carbocycles. The van der Waals surface area contributed by atoms with E-state index in [9.17, 15) is 0 Å². The van der Waals surface area contributed by atoms with Gasteiger partial charge in [0.2, 0.25) is 0 Å². The number of halogens is 1. The Hall–Kier alpha value is 0.430. The Balaban J connectivity index is 2.15. The van der Waals surface area contributed by atoms with E-state index < -0.39 is 0 Å². The molecule has 1 nitrogen and oxygen atoms in total. The third-order valence-electron chi connectivity index (χ3n) is 4.32. The fourth-order valence-corrected chi connectivity index (χ4v) is 4.50. The molecule has 0 aromatic rings. The summed E-state index contributed by atoms with van der Waals surface area (Å²) in [5.74, 6) is 1.60. The van der Waals surface area contributed by atoms with E-state index >= 15 is 0 Å². The lowest BCUT2D eigenvalue weighted by molar-refractivity contribution is -0.0303. The minimum atomic E-state index is 0.220. The monoisotopic (exact) mass is 334 g/mol. The van der Waals surface area contributed by atoms with E-state index in [1.807, 2.05) is 0 Å².